The highest BCUT2D eigenvalue weighted by Gasteiger charge is 2.40. The number of benzene rings is 1. The maximum absolute atomic E-state index is 13.2. The Labute approximate surface area is 104 Å². The van der Waals surface area contributed by atoms with Gasteiger partial charge in [-0.3, -0.25) is 0 Å². The lowest BCUT2D eigenvalue weighted by atomic mass is 9.80. The van der Waals surface area contributed by atoms with Crippen molar-refractivity contribution in [2.24, 2.45) is 11.3 Å². The SMILES string of the molecule is CC(CO)(Cc1cc(F)cc(Br)c1)C1CC1. The second-order valence-electron chi connectivity index (χ2n) is 5.04. The Morgan fingerprint density at radius 2 is 2.12 bits per heavy atom. The zero-order chi connectivity index (χ0) is 11.8. The van der Waals surface area contributed by atoms with Crippen LogP contribution in [0, 0.1) is 17.2 Å². The van der Waals surface area contributed by atoms with E-state index in [0.29, 0.717) is 5.92 Å². The minimum absolute atomic E-state index is 0.0900. The van der Waals surface area contributed by atoms with E-state index in [1.165, 1.54) is 18.9 Å². The quantitative estimate of drug-likeness (QED) is 0.898. The average Bonchev–Trinajstić information content (AvgIpc) is 2.98. The molecule has 1 unspecified atom stereocenters. The van der Waals surface area contributed by atoms with E-state index in [1.807, 2.05) is 6.07 Å². The van der Waals surface area contributed by atoms with Gasteiger partial charge in [-0.15, -0.1) is 0 Å². The molecular formula is C13H16BrFO. The van der Waals surface area contributed by atoms with E-state index in [4.69, 9.17) is 0 Å². The molecule has 0 aromatic heterocycles. The van der Waals surface area contributed by atoms with Crippen LogP contribution in [0.3, 0.4) is 0 Å². The highest BCUT2D eigenvalue weighted by Crippen LogP contribution is 2.47. The summed E-state index contributed by atoms with van der Waals surface area (Å²) >= 11 is 3.29. The van der Waals surface area contributed by atoms with Crippen LogP contribution in [-0.2, 0) is 6.42 Å². The molecular weight excluding hydrogens is 271 g/mol. The monoisotopic (exact) mass is 286 g/mol. The molecule has 1 aliphatic rings. The van der Waals surface area contributed by atoms with E-state index >= 15 is 0 Å². The highest BCUT2D eigenvalue weighted by atomic mass is 79.9. The molecule has 88 valence electrons. The van der Waals surface area contributed by atoms with E-state index in [0.717, 1.165) is 16.5 Å². The lowest BCUT2D eigenvalue weighted by Crippen LogP contribution is -2.26. The van der Waals surface area contributed by atoms with Crippen LogP contribution in [0.2, 0.25) is 0 Å². The Hall–Kier alpha value is -0.410. The molecule has 2 rings (SSSR count). The standard InChI is InChI=1S/C13H16BrFO/c1-13(8-16,10-2-3-10)7-9-4-11(14)6-12(15)5-9/h4-6,10,16H,2-3,7-8H2,1H3. The summed E-state index contributed by atoms with van der Waals surface area (Å²) in [5, 5.41) is 9.49. The lowest BCUT2D eigenvalue weighted by Gasteiger charge is -2.27. The largest absolute Gasteiger partial charge is 0.396 e. The first kappa shape index (κ1) is 12.1. The van der Waals surface area contributed by atoms with E-state index in [9.17, 15) is 9.50 Å². The van der Waals surface area contributed by atoms with E-state index < -0.39 is 0 Å². The van der Waals surface area contributed by atoms with Crippen molar-refractivity contribution in [2.45, 2.75) is 26.2 Å². The molecule has 1 aromatic rings. The van der Waals surface area contributed by atoms with Crippen LogP contribution in [0.4, 0.5) is 4.39 Å². The molecule has 3 heteroatoms. The van der Waals surface area contributed by atoms with Gasteiger partial charge in [-0.25, -0.2) is 4.39 Å². The summed E-state index contributed by atoms with van der Waals surface area (Å²) in [4.78, 5) is 0. The fourth-order valence-corrected chi connectivity index (χ4v) is 2.80. The first-order chi connectivity index (χ1) is 7.53. The summed E-state index contributed by atoms with van der Waals surface area (Å²) in [6.07, 6.45) is 3.12. The second-order valence-corrected chi connectivity index (χ2v) is 5.96. The zero-order valence-electron chi connectivity index (χ0n) is 9.34. The summed E-state index contributed by atoms with van der Waals surface area (Å²) in [7, 11) is 0. The number of hydrogen-bond acceptors (Lipinski definition) is 1. The molecule has 0 heterocycles. The van der Waals surface area contributed by atoms with Crippen LogP contribution in [0.5, 0.6) is 0 Å². The van der Waals surface area contributed by atoms with Crippen molar-refractivity contribution in [3.8, 4) is 0 Å². The molecule has 1 fully saturated rings. The lowest BCUT2D eigenvalue weighted by molar-refractivity contribution is 0.119. The topological polar surface area (TPSA) is 20.2 Å². The normalized spacial score (nSPS) is 19.5. The molecule has 1 aliphatic carbocycles. The molecule has 1 nitrogen and oxygen atoms in total. The summed E-state index contributed by atoms with van der Waals surface area (Å²) in [5.41, 5.74) is 0.864. The van der Waals surface area contributed by atoms with Crippen molar-refractivity contribution >= 4 is 15.9 Å². The van der Waals surface area contributed by atoms with Crippen molar-refractivity contribution < 1.29 is 9.50 Å². The van der Waals surface area contributed by atoms with Crippen LogP contribution in [0.25, 0.3) is 0 Å². The van der Waals surface area contributed by atoms with Gasteiger partial charge in [0.15, 0.2) is 0 Å². The average molecular weight is 287 g/mol. The van der Waals surface area contributed by atoms with Gasteiger partial charge in [0, 0.05) is 11.1 Å². The van der Waals surface area contributed by atoms with Gasteiger partial charge < -0.3 is 5.11 Å². The van der Waals surface area contributed by atoms with Crippen LogP contribution >= 0.6 is 15.9 Å². The van der Waals surface area contributed by atoms with Gasteiger partial charge in [0.1, 0.15) is 5.82 Å². The van der Waals surface area contributed by atoms with Gasteiger partial charge in [0.05, 0.1) is 0 Å². The van der Waals surface area contributed by atoms with Gasteiger partial charge in [0.2, 0.25) is 0 Å². The van der Waals surface area contributed by atoms with Gasteiger partial charge in [-0.2, -0.15) is 0 Å². The summed E-state index contributed by atoms with van der Waals surface area (Å²) in [5.74, 6) is 0.375. The smallest absolute Gasteiger partial charge is 0.124 e. The summed E-state index contributed by atoms with van der Waals surface area (Å²) in [6.45, 7) is 2.26. The van der Waals surface area contributed by atoms with Crippen molar-refractivity contribution in [3.05, 3.63) is 34.1 Å². The van der Waals surface area contributed by atoms with Crippen LogP contribution in [0.15, 0.2) is 22.7 Å². The molecule has 1 saturated carbocycles. The van der Waals surface area contributed by atoms with Gasteiger partial charge >= 0.3 is 0 Å². The highest BCUT2D eigenvalue weighted by molar-refractivity contribution is 9.10. The molecule has 0 saturated heterocycles. The molecule has 0 bridgehead atoms. The number of hydrogen-bond donors (Lipinski definition) is 1. The fourth-order valence-electron chi connectivity index (χ4n) is 2.29. The third-order valence-electron chi connectivity index (χ3n) is 3.45. The Morgan fingerprint density at radius 1 is 1.44 bits per heavy atom. The number of halogens is 2. The predicted octanol–water partition coefficient (Wildman–Crippen LogP) is 3.54. The van der Waals surface area contributed by atoms with Crippen LogP contribution in [-0.4, -0.2) is 11.7 Å². The molecule has 16 heavy (non-hydrogen) atoms. The third-order valence-corrected chi connectivity index (χ3v) is 3.91. The molecule has 1 atom stereocenters. The van der Waals surface area contributed by atoms with Crippen LogP contribution in [0.1, 0.15) is 25.3 Å². The number of aliphatic hydroxyl groups is 1. The first-order valence-electron chi connectivity index (χ1n) is 5.59. The molecule has 1 N–H and O–H groups in total. The minimum atomic E-state index is -0.222. The number of aliphatic hydroxyl groups excluding tert-OH is 1. The Kier molecular flexibility index (Phi) is 3.36. The van der Waals surface area contributed by atoms with Crippen molar-refractivity contribution in [3.63, 3.8) is 0 Å². The zero-order valence-corrected chi connectivity index (χ0v) is 10.9. The molecule has 0 spiro atoms. The molecule has 1 aromatic carbocycles. The predicted molar refractivity (Wildman–Crippen MR) is 65.7 cm³/mol. The summed E-state index contributed by atoms with van der Waals surface area (Å²) in [6, 6.07) is 4.94. The first-order valence-corrected chi connectivity index (χ1v) is 6.39. The van der Waals surface area contributed by atoms with Crippen molar-refractivity contribution in [2.75, 3.05) is 6.61 Å². The Balaban J connectivity index is 2.18. The van der Waals surface area contributed by atoms with Crippen molar-refractivity contribution in [1.29, 1.82) is 0 Å². The molecule has 0 aliphatic heterocycles. The van der Waals surface area contributed by atoms with Crippen molar-refractivity contribution in [1.82, 2.24) is 0 Å². The van der Waals surface area contributed by atoms with E-state index in [-0.39, 0.29) is 17.8 Å². The fraction of sp³-hybridized carbons (Fsp3) is 0.538. The van der Waals surface area contributed by atoms with E-state index in [2.05, 4.69) is 22.9 Å². The Morgan fingerprint density at radius 3 is 2.62 bits per heavy atom. The second kappa shape index (κ2) is 4.46. The third kappa shape index (κ3) is 2.64. The molecule has 0 radical (unpaired) electrons. The summed E-state index contributed by atoms with van der Waals surface area (Å²) < 4.78 is 14.0. The maximum Gasteiger partial charge on any atom is 0.124 e. The maximum atomic E-state index is 13.2. The van der Waals surface area contributed by atoms with E-state index in [1.54, 1.807) is 6.07 Å². The van der Waals surface area contributed by atoms with Gasteiger partial charge in [0.25, 0.3) is 0 Å². The van der Waals surface area contributed by atoms with Gasteiger partial charge in [-0.05, 0) is 54.4 Å². The minimum Gasteiger partial charge on any atom is -0.396 e. The Bertz CT molecular complexity index is 369. The molecule has 0 amide bonds. The van der Waals surface area contributed by atoms with Gasteiger partial charge in [-0.1, -0.05) is 22.9 Å². The van der Waals surface area contributed by atoms with Crippen LogP contribution < -0.4 is 0 Å². The number of rotatable bonds is 4.